The lowest BCUT2D eigenvalue weighted by atomic mass is 10.1. The van der Waals surface area contributed by atoms with E-state index < -0.39 is 42.2 Å². The fraction of sp³-hybridized carbons (Fsp3) is 0.364. The molecule has 2 saturated heterocycles. The number of amides is 2. The average Bonchev–Trinajstić information content (AvgIpc) is 3.30. The van der Waals surface area contributed by atoms with Gasteiger partial charge < -0.3 is 9.47 Å². The zero-order valence-corrected chi connectivity index (χ0v) is 17.6. The van der Waals surface area contributed by atoms with Crippen molar-refractivity contribution in [2.75, 3.05) is 30.0 Å². The molecule has 2 aromatic rings. The van der Waals surface area contributed by atoms with Gasteiger partial charge in [0, 0.05) is 36.7 Å². The van der Waals surface area contributed by atoms with Crippen LogP contribution in [-0.4, -0.2) is 55.2 Å². The van der Waals surface area contributed by atoms with Gasteiger partial charge in [-0.05, 0) is 36.8 Å². The second kappa shape index (κ2) is 8.72. The number of rotatable bonds is 6. The molecule has 3 heterocycles. The molecule has 2 amide bonds. The van der Waals surface area contributed by atoms with E-state index in [1.54, 1.807) is 6.07 Å². The molecule has 11 heteroatoms. The Morgan fingerprint density at radius 2 is 2.03 bits per heavy atom. The highest BCUT2D eigenvalue weighted by Gasteiger charge is 2.48. The molecule has 33 heavy (non-hydrogen) atoms. The smallest absolute Gasteiger partial charge is 0.414 e. The van der Waals surface area contributed by atoms with E-state index in [1.165, 1.54) is 42.5 Å². The second-order valence-electron chi connectivity index (χ2n) is 7.71. The molecule has 1 aromatic heterocycles. The number of nitrogens with zero attached hydrogens (tertiary/aromatic N) is 3. The number of carbonyl (C=O) groups is 3. The molecule has 0 saturated carbocycles. The predicted octanol–water partition coefficient (Wildman–Crippen LogP) is 3.54. The zero-order valence-electron chi connectivity index (χ0n) is 17.6. The summed E-state index contributed by atoms with van der Waals surface area (Å²) in [6, 6.07) is 7.05. The number of pyridine rings is 1. The number of halogens is 3. The number of hydrogen-bond acceptors (Lipinski definition) is 6. The molecule has 1 atom stereocenters. The van der Waals surface area contributed by atoms with Crippen LogP contribution in [-0.2, 0) is 19.1 Å². The Hall–Kier alpha value is -3.63. The van der Waals surface area contributed by atoms with Crippen LogP contribution >= 0.6 is 0 Å². The van der Waals surface area contributed by atoms with Crippen LogP contribution in [0.1, 0.15) is 19.3 Å². The summed E-state index contributed by atoms with van der Waals surface area (Å²) in [6.45, 7) is 0.0210. The Balaban J connectivity index is 1.46. The third kappa shape index (κ3) is 4.48. The lowest BCUT2D eigenvalue weighted by Gasteiger charge is -2.16. The van der Waals surface area contributed by atoms with Crippen LogP contribution in [0.2, 0.25) is 0 Å². The van der Waals surface area contributed by atoms with E-state index >= 15 is 0 Å². The van der Waals surface area contributed by atoms with Crippen LogP contribution in [0.3, 0.4) is 0 Å². The molecule has 0 N–H and O–H groups in total. The highest BCUT2D eigenvalue weighted by molar-refractivity contribution is 6.00. The Morgan fingerprint density at radius 3 is 2.64 bits per heavy atom. The van der Waals surface area contributed by atoms with E-state index in [0.717, 1.165) is 4.90 Å². The van der Waals surface area contributed by atoms with Gasteiger partial charge in [-0.3, -0.25) is 19.4 Å². The maximum absolute atomic E-state index is 14.8. The van der Waals surface area contributed by atoms with E-state index in [1.807, 2.05) is 0 Å². The minimum Gasteiger partial charge on any atom is -0.469 e. The van der Waals surface area contributed by atoms with Crippen molar-refractivity contribution in [2.24, 2.45) is 0 Å². The van der Waals surface area contributed by atoms with Gasteiger partial charge in [0.25, 0.3) is 5.91 Å². The number of alkyl halides is 2. The number of cyclic esters (lactones) is 1. The highest BCUT2D eigenvalue weighted by atomic mass is 19.3. The predicted molar refractivity (Wildman–Crippen MR) is 110 cm³/mol. The van der Waals surface area contributed by atoms with Crippen molar-refractivity contribution in [3.05, 3.63) is 42.3 Å². The van der Waals surface area contributed by atoms with Gasteiger partial charge in [-0.2, -0.15) is 8.78 Å². The van der Waals surface area contributed by atoms with Gasteiger partial charge in [0.15, 0.2) is 0 Å². The first-order chi connectivity index (χ1) is 15.7. The summed E-state index contributed by atoms with van der Waals surface area (Å²) in [5.74, 6) is -5.69. The lowest BCUT2D eigenvalue weighted by molar-refractivity contribution is -0.141. The molecule has 0 aliphatic carbocycles. The quantitative estimate of drug-likeness (QED) is 0.609. The molecule has 0 spiro atoms. The van der Waals surface area contributed by atoms with E-state index in [0.29, 0.717) is 12.0 Å². The first kappa shape index (κ1) is 22.6. The number of methoxy groups -OCH3 is 1. The Bertz CT molecular complexity index is 1090. The summed E-state index contributed by atoms with van der Waals surface area (Å²) < 4.78 is 51.6. The van der Waals surface area contributed by atoms with Gasteiger partial charge in [0.05, 0.1) is 19.3 Å². The summed E-state index contributed by atoms with van der Waals surface area (Å²) in [5, 5.41) is 0. The van der Waals surface area contributed by atoms with Crippen molar-refractivity contribution in [2.45, 2.75) is 31.3 Å². The van der Waals surface area contributed by atoms with Crippen molar-refractivity contribution < 1.29 is 37.0 Å². The molecular weight excluding hydrogens is 443 g/mol. The normalized spacial score (nSPS) is 19.7. The van der Waals surface area contributed by atoms with Crippen LogP contribution < -0.4 is 9.80 Å². The number of ether oxygens (including phenoxy) is 2. The molecule has 8 nitrogen and oxygen atoms in total. The number of aromatic nitrogens is 1. The van der Waals surface area contributed by atoms with Crippen molar-refractivity contribution in [3.63, 3.8) is 0 Å². The maximum Gasteiger partial charge on any atom is 0.414 e. The van der Waals surface area contributed by atoms with E-state index in [2.05, 4.69) is 9.72 Å². The first-order valence-corrected chi connectivity index (χ1v) is 10.2. The molecule has 4 rings (SSSR count). The standard InChI is InChI=1S/C22H20F3N3O5/c1-32-19(29)7-4-15-12-28(21(31)33-15)14-3-5-16(17(23)10-14)13-2-6-18(26-11-13)27-9-8-22(24,25)20(27)30/h2-3,5-6,10-11,15H,4,7-9,12H2,1H3/t15-/m0/s1. The molecule has 2 aliphatic rings. The van der Waals surface area contributed by atoms with Gasteiger partial charge in [0.1, 0.15) is 17.7 Å². The lowest BCUT2D eigenvalue weighted by Crippen LogP contribution is -2.33. The summed E-state index contributed by atoms with van der Waals surface area (Å²) >= 11 is 0. The van der Waals surface area contributed by atoms with Gasteiger partial charge >= 0.3 is 18.0 Å². The largest absolute Gasteiger partial charge is 0.469 e. The summed E-state index contributed by atoms with van der Waals surface area (Å²) in [6.07, 6.45) is -0.0530. The molecule has 0 unspecified atom stereocenters. The van der Waals surface area contributed by atoms with Gasteiger partial charge in [0.2, 0.25) is 0 Å². The molecule has 2 aliphatic heterocycles. The number of benzene rings is 1. The van der Waals surface area contributed by atoms with E-state index in [4.69, 9.17) is 4.74 Å². The molecular formula is C22H20F3N3O5. The average molecular weight is 463 g/mol. The fourth-order valence-electron chi connectivity index (χ4n) is 3.75. The van der Waals surface area contributed by atoms with Gasteiger partial charge in [-0.15, -0.1) is 0 Å². The monoisotopic (exact) mass is 463 g/mol. The van der Waals surface area contributed by atoms with Crippen molar-refractivity contribution in [1.29, 1.82) is 0 Å². The molecule has 0 bridgehead atoms. The zero-order chi connectivity index (χ0) is 23.8. The SMILES string of the molecule is COC(=O)CC[C@H]1CN(c2ccc(-c3ccc(N4CCC(F)(F)C4=O)nc3)c(F)c2)C(=O)O1. The number of hydrogen-bond donors (Lipinski definition) is 0. The van der Waals surface area contributed by atoms with Crippen LogP contribution in [0.15, 0.2) is 36.5 Å². The van der Waals surface area contributed by atoms with E-state index in [9.17, 15) is 27.6 Å². The summed E-state index contributed by atoms with van der Waals surface area (Å²) in [4.78, 5) is 41.4. The highest BCUT2D eigenvalue weighted by Crippen LogP contribution is 2.33. The van der Waals surface area contributed by atoms with Gasteiger partial charge in [-0.25, -0.2) is 14.2 Å². The Kier molecular flexibility index (Phi) is 5.96. The van der Waals surface area contributed by atoms with Crippen LogP contribution in [0.4, 0.5) is 29.5 Å². The molecule has 2 fully saturated rings. The second-order valence-corrected chi connectivity index (χ2v) is 7.71. The molecule has 0 radical (unpaired) electrons. The number of anilines is 2. The van der Waals surface area contributed by atoms with E-state index in [-0.39, 0.29) is 36.6 Å². The third-order valence-electron chi connectivity index (χ3n) is 5.58. The Morgan fingerprint density at radius 1 is 1.24 bits per heavy atom. The summed E-state index contributed by atoms with van der Waals surface area (Å²) in [5.41, 5.74) is 0.850. The van der Waals surface area contributed by atoms with Crippen molar-refractivity contribution in [3.8, 4) is 11.1 Å². The number of esters is 1. The molecule has 1 aromatic carbocycles. The molecule has 174 valence electrons. The van der Waals surface area contributed by atoms with Crippen LogP contribution in [0.25, 0.3) is 11.1 Å². The van der Waals surface area contributed by atoms with Crippen molar-refractivity contribution >= 4 is 29.5 Å². The van der Waals surface area contributed by atoms with Crippen LogP contribution in [0, 0.1) is 5.82 Å². The fourth-order valence-corrected chi connectivity index (χ4v) is 3.75. The topological polar surface area (TPSA) is 89.0 Å². The van der Waals surface area contributed by atoms with Gasteiger partial charge in [-0.1, -0.05) is 0 Å². The van der Waals surface area contributed by atoms with Crippen LogP contribution in [0.5, 0.6) is 0 Å². The Labute approximate surface area is 186 Å². The minimum absolute atomic E-state index is 0.0655. The number of carbonyl (C=O) groups excluding carboxylic acids is 3. The third-order valence-corrected chi connectivity index (χ3v) is 5.58. The minimum atomic E-state index is -3.41. The first-order valence-electron chi connectivity index (χ1n) is 10.2. The summed E-state index contributed by atoms with van der Waals surface area (Å²) in [7, 11) is 1.27. The van der Waals surface area contributed by atoms with Crippen molar-refractivity contribution in [1.82, 2.24) is 4.98 Å². The maximum atomic E-state index is 14.8.